The maximum Gasteiger partial charge on any atom is 0.0458 e. The Bertz CT molecular complexity index is 418. The van der Waals surface area contributed by atoms with E-state index >= 15 is 0 Å². The lowest BCUT2D eigenvalue weighted by Crippen LogP contribution is -1.89. The molecule has 0 saturated carbocycles. The Labute approximate surface area is 85.5 Å². The second-order valence-electron chi connectivity index (χ2n) is 4.29. The van der Waals surface area contributed by atoms with Crippen LogP contribution in [-0.2, 0) is 0 Å². The second-order valence-corrected chi connectivity index (χ2v) is 4.29. The van der Waals surface area contributed by atoms with Gasteiger partial charge in [0.1, 0.15) is 0 Å². The summed E-state index contributed by atoms with van der Waals surface area (Å²) in [5.41, 5.74) is 6.79. The van der Waals surface area contributed by atoms with E-state index in [0.717, 1.165) is 0 Å². The summed E-state index contributed by atoms with van der Waals surface area (Å²) < 4.78 is 0. The molecule has 0 amide bonds. The van der Waals surface area contributed by atoms with Gasteiger partial charge in [-0.15, -0.1) is 0 Å². The molecule has 0 fully saturated rings. The number of aryl methyl sites for hydroxylation is 1. The fourth-order valence-corrected chi connectivity index (χ4v) is 2.13. The first kappa shape index (κ1) is 9.32. The van der Waals surface area contributed by atoms with Crippen molar-refractivity contribution in [3.8, 4) is 0 Å². The van der Waals surface area contributed by atoms with Crippen molar-refractivity contribution in [2.75, 3.05) is 0 Å². The zero-order valence-corrected chi connectivity index (χ0v) is 9.31. The minimum Gasteiger partial charge on any atom is -0.361 e. The molecule has 1 N–H and O–H groups in total. The van der Waals surface area contributed by atoms with E-state index in [2.05, 4.69) is 51.0 Å². The lowest BCUT2D eigenvalue weighted by Gasteiger charge is -2.05. The molecule has 0 aliphatic heterocycles. The molecule has 14 heavy (non-hydrogen) atoms. The highest BCUT2D eigenvalue weighted by atomic mass is 14.7. The Hall–Kier alpha value is -1.24. The van der Waals surface area contributed by atoms with E-state index in [0.29, 0.717) is 5.92 Å². The SMILES string of the molecule is CC1=CC(C)C(C)=Cc2[nH]cc(C)c21. The van der Waals surface area contributed by atoms with Gasteiger partial charge in [-0.2, -0.15) is 0 Å². The van der Waals surface area contributed by atoms with Crippen molar-refractivity contribution in [3.05, 3.63) is 34.7 Å². The quantitative estimate of drug-likeness (QED) is 0.636. The molecule has 1 heterocycles. The number of hydrogen-bond acceptors (Lipinski definition) is 0. The van der Waals surface area contributed by atoms with E-state index in [1.54, 1.807) is 0 Å². The predicted octanol–water partition coefficient (Wildman–Crippen LogP) is 3.78. The average Bonchev–Trinajstić information content (AvgIpc) is 2.41. The monoisotopic (exact) mass is 187 g/mol. The summed E-state index contributed by atoms with van der Waals surface area (Å²) >= 11 is 0. The molecule has 0 saturated heterocycles. The van der Waals surface area contributed by atoms with Gasteiger partial charge in [0.05, 0.1) is 0 Å². The Morgan fingerprint density at radius 2 is 1.93 bits per heavy atom. The molecule has 0 bridgehead atoms. The summed E-state index contributed by atoms with van der Waals surface area (Å²) in [6.07, 6.45) is 6.69. The zero-order chi connectivity index (χ0) is 10.3. The highest BCUT2D eigenvalue weighted by molar-refractivity contribution is 5.77. The van der Waals surface area contributed by atoms with Gasteiger partial charge in [0, 0.05) is 17.5 Å². The maximum absolute atomic E-state index is 3.33. The third-order valence-corrected chi connectivity index (χ3v) is 3.09. The molecular formula is C13H17N. The highest BCUT2D eigenvalue weighted by Gasteiger charge is 2.14. The van der Waals surface area contributed by atoms with E-state index in [-0.39, 0.29) is 0 Å². The van der Waals surface area contributed by atoms with Crippen LogP contribution >= 0.6 is 0 Å². The number of fused-ring (bicyclic) bond motifs is 1. The molecular weight excluding hydrogens is 170 g/mol. The second kappa shape index (κ2) is 3.16. The van der Waals surface area contributed by atoms with Gasteiger partial charge in [-0.3, -0.25) is 0 Å². The van der Waals surface area contributed by atoms with Crippen molar-refractivity contribution in [3.63, 3.8) is 0 Å². The Morgan fingerprint density at radius 1 is 1.21 bits per heavy atom. The van der Waals surface area contributed by atoms with Crippen LogP contribution in [0.5, 0.6) is 0 Å². The summed E-state index contributed by atoms with van der Waals surface area (Å²) in [6.45, 7) is 8.80. The van der Waals surface area contributed by atoms with Gasteiger partial charge in [-0.1, -0.05) is 18.6 Å². The first-order chi connectivity index (χ1) is 6.59. The molecule has 1 unspecified atom stereocenters. The standard InChI is InChI=1S/C13H17N/c1-8-5-10(3)13-11(4)7-14-12(13)6-9(8)2/h5-8,14H,1-4H3. The van der Waals surface area contributed by atoms with Gasteiger partial charge in [0.25, 0.3) is 0 Å². The van der Waals surface area contributed by atoms with E-state index < -0.39 is 0 Å². The number of rotatable bonds is 0. The van der Waals surface area contributed by atoms with Gasteiger partial charge in [0.2, 0.25) is 0 Å². The normalized spacial score (nSPS) is 21.0. The fraction of sp³-hybridized carbons (Fsp3) is 0.385. The Kier molecular flexibility index (Phi) is 2.10. The van der Waals surface area contributed by atoms with Gasteiger partial charge in [0.15, 0.2) is 0 Å². The molecule has 2 rings (SSSR count). The average molecular weight is 187 g/mol. The summed E-state index contributed by atoms with van der Waals surface area (Å²) in [6, 6.07) is 0. The first-order valence-electron chi connectivity index (χ1n) is 5.14. The first-order valence-corrected chi connectivity index (χ1v) is 5.14. The number of H-pyrrole nitrogens is 1. The molecule has 1 nitrogen and oxygen atoms in total. The fourth-order valence-electron chi connectivity index (χ4n) is 2.13. The Balaban J connectivity index is 2.65. The van der Waals surface area contributed by atoms with Crippen LogP contribution in [0.3, 0.4) is 0 Å². The summed E-state index contributed by atoms with van der Waals surface area (Å²) in [5.74, 6) is 0.551. The van der Waals surface area contributed by atoms with Crippen LogP contribution in [0.15, 0.2) is 17.8 Å². The molecule has 74 valence electrons. The third-order valence-electron chi connectivity index (χ3n) is 3.09. The van der Waals surface area contributed by atoms with Gasteiger partial charge >= 0.3 is 0 Å². The van der Waals surface area contributed by atoms with E-state index in [9.17, 15) is 0 Å². The molecule has 1 aromatic rings. The number of nitrogens with one attached hydrogen (secondary N) is 1. The largest absolute Gasteiger partial charge is 0.361 e. The molecule has 0 aromatic carbocycles. The molecule has 1 atom stereocenters. The lowest BCUT2D eigenvalue weighted by molar-refractivity contribution is 0.874. The van der Waals surface area contributed by atoms with Crippen LogP contribution < -0.4 is 0 Å². The highest BCUT2D eigenvalue weighted by Crippen LogP contribution is 2.31. The van der Waals surface area contributed by atoms with Crippen molar-refractivity contribution in [2.45, 2.75) is 27.7 Å². The smallest absolute Gasteiger partial charge is 0.0458 e. The van der Waals surface area contributed by atoms with Gasteiger partial charge in [-0.05, 0) is 43.9 Å². The number of aromatic nitrogens is 1. The van der Waals surface area contributed by atoms with Crippen LogP contribution in [0.4, 0.5) is 0 Å². The van der Waals surface area contributed by atoms with Crippen LogP contribution in [-0.4, -0.2) is 4.98 Å². The van der Waals surface area contributed by atoms with Crippen molar-refractivity contribution >= 4 is 11.6 Å². The van der Waals surface area contributed by atoms with Crippen molar-refractivity contribution in [1.82, 2.24) is 4.98 Å². The Morgan fingerprint density at radius 3 is 2.64 bits per heavy atom. The number of hydrogen-bond donors (Lipinski definition) is 1. The van der Waals surface area contributed by atoms with Gasteiger partial charge < -0.3 is 4.98 Å². The maximum atomic E-state index is 3.33. The number of allylic oxidation sites excluding steroid dienone is 3. The number of aromatic amines is 1. The van der Waals surface area contributed by atoms with Crippen LogP contribution in [0.1, 0.15) is 37.6 Å². The van der Waals surface area contributed by atoms with Crippen LogP contribution in [0.2, 0.25) is 0 Å². The molecule has 1 aliphatic rings. The molecule has 1 aliphatic carbocycles. The lowest BCUT2D eigenvalue weighted by atomic mass is 10.0. The molecule has 1 heteroatoms. The minimum absolute atomic E-state index is 0.551. The van der Waals surface area contributed by atoms with E-state index in [1.165, 1.54) is 28.0 Å². The van der Waals surface area contributed by atoms with Crippen molar-refractivity contribution in [1.29, 1.82) is 0 Å². The van der Waals surface area contributed by atoms with Gasteiger partial charge in [-0.25, -0.2) is 0 Å². The van der Waals surface area contributed by atoms with Crippen molar-refractivity contribution < 1.29 is 0 Å². The van der Waals surface area contributed by atoms with Crippen molar-refractivity contribution in [2.24, 2.45) is 5.92 Å². The van der Waals surface area contributed by atoms with Crippen LogP contribution in [0, 0.1) is 12.8 Å². The van der Waals surface area contributed by atoms with E-state index in [1.807, 2.05) is 0 Å². The zero-order valence-electron chi connectivity index (χ0n) is 9.31. The molecule has 0 spiro atoms. The third kappa shape index (κ3) is 1.33. The van der Waals surface area contributed by atoms with Crippen LogP contribution in [0.25, 0.3) is 11.6 Å². The topological polar surface area (TPSA) is 15.8 Å². The summed E-state index contributed by atoms with van der Waals surface area (Å²) in [5, 5.41) is 0. The summed E-state index contributed by atoms with van der Waals surface area (Å²) in [4.78, 5) is 3.33. The molecule has 1 aromatic heterocycles. The summed E-state index contributed by atoms with van der Waals surface area (Å²) in [7, 11) is 0. The predicted molar refractivity (Wildman–Crippen MR) is 62.0 cm³/mol. The van der Waals surface area contributed by atoms with E-state index in [4.69, 9.17) is 0 Å². The molecule has 0 radical (unpaired) electrons. The minimum atomic E-state index is 0.551.